The van der Waals surface area contributed by atoms with Crippen molar-refractivity contribution in [1.29, 1.82) is 0 Å². The SMILES string of the molecule is CC1(C)c2ccccc2-c2cc3ccc4ccc5cc(-c6nc7c(ccc8ccccc87)nc6-c6ccccc6)ccc5c4c3cc21. The second kappa shape index (κ2) is 9.57. The third-order valence-electron chi connectivity index (χ3n) is 10.4. The lowest BCUT2D eigenvalue weighted by molar-refractivity contribution is 0.661. The van der Waals surface area contributed by atoms with E-state index in [0.717, 1.165) is 38.9 Å². The van der Waals surface area contributed by atoms with E-state index < -0.39 is 0 Å². The summed E-state index contributed by atoms with van der Waals surface area (Å²) < 4.78 is 0. The quantitative estimate of drug-likeness (QED) is 0.185. The number of rotatable bonds is 2. The van der Waals surface area contributed by atoms with Crippen LogP contribution in [0.25, 0.3) is 87.8 Å². The van der Waals surface area contributed by atoms with E-state index >= 15 is 0 Å². The number of aromatic nitrogens is 2. The minimum atomic E-state index is -0.0488. The van der Waals surface area contributed by atoms with Crippen LogP contribution in [0.1, 0.15) is 25.0 Å². The highest BCUT2D eigenvalue weighted by atomic mass is 14.8. The highest BCUT2D eigenvalue weighted by Gasteiger charge is 2.35. The van der Waals surface area contributed by atoms with Crippen LogP contribution in [0.4, 0.5) is 0 Å². The van der Waals surface area contributed by atoms with Gasteiger partial charge in [-0.2, -0.15) is 0 Å². The zero-order valence-corrected chi connectivity index (χ0v) is 26.3. The van der Waals surface area contributed by atoms with Gasteiger partial charge in [0.25, 0.3) is 0 Å². The molecular weight excluding hydrogens is 569 g/mol. The van der Waals surface area contributed by atoms with E-state index in [4.69, 9.17) is 9.97 Å². The molecule has 0 spiro atoms. The van der Waals surface area contributed by atoms with Gasteiger partial charge in [-0.1, -0.05) is 135 Å². The summed E-state index contributed by atoms with van der Waals surface area (Å²) in [6, 6.07) is 52.8. The Morgan fingerprint density at radius 3 is 2.00 bits per heavy atom. The molecule has 2 heteroatoms. The fraction of sp³-hybridized carbons (Fsp3) is 0.0667. The smallest absolute Gasteiger partial charge is 0.0973 e. The van der Waals surface area contributed by atoms with Gasteiger partial charge < -0.3 is 0 Å². The van der Waals surface area contributed by atoms with E-state index in [2.05, 4.69) is 153 Å². The first-order valence-electron chi connectivity index (χ1n) is 16.3. The average Bonchev–Trinajstić information content (AvgIpc) is 3.35. The van der Waals surface area contributed by atoms with Crippen molar-refractivity contribution >= 4 is 54.1 Å². The number of hydrogen-bond acceptors (Lipinski definition) is 2. The van der Waals surface area contributed by atoms with Gasteiger partial charge >= 0.3 is 0 Å². The summed E-state index contributed by atoms with van der Waals surface area (Å²) in [5, 5.41) is 9.89. The normalized spacial score (nSPS) is 13.5. The Morgan fingerprint density at radius 1 is 0.426 bits per heavy atom. The monoisotopic (exact) mass is 598 g/mol. The van der Waals surface area contributed by atoms with Crippen molar-refractivity contribution in [2.45, 2.75) is 19.3 Å². The first kappa shape index (κ1) is 26.4. The predicted molar refractivity (Wildman–Crippen MR) is 198 cm³/mol. The summed E-state index contributed by atoms with van der Waals surface area (Å²) in [6.07, 6.45) is 0. The van der Waals surface area contributed by atoms with Crippen molar-refractivity contribution in [2.75, 3.05) is 0 Å². The zero-order valence-electron chi connectivity index (χ0n) is 26.3. The molecule has 0 amide bonds. The topological polar surface area (TPSA) is 25.8 Å². The van der Waals surface area contributed by atoms with Crippen LogP contribution in [0.15, 0.2) is 146 Å². The summed E-state index contributed by atoms with van der Waals surface area (Å²) >= 11 is 0. The molecule has 10 rings (SSSR count). The largest absolute Gasteiger partial charge is 0.244 e. The van der Waals surface area contributed by atoms with Crippen LogP contribution in [0.3, 0.4) is 0 Å². The first-order valence-corrected chi connectivity index (χ1v) is 16.3. The Bertz CT molecular complexity index is 2760. The van der Waals surface area contributed by atoms with Gasteiger partial charge in [0.15, 0.2) is 0 Å². The van der Waals surface area contributed by atoms with Crippen molar-refractivity contribution in [3.8, 4) is 33.6 Å². The van der Waals surface area contributed by atoms with Gasteiger partial charge in [0, 0.05) is 21.9 Å². The Kier molecular flexibility index (Phi) is 5.37. The molecule has 0 bridgehead atoms. The van der Waals surface area contributed by atoms with E-state index in [0.29, 0.717) is 0 Å². The minimum absolute atomic E-state index is 0.0488. The molecule has 47 heavy (non-hydrogen) atoms. The molecular formula is C45H30N2. The lowest BCUT2D eigenvalue weighted by Gasteiger charge is -2.22. The second-order valence-electron chi connectivity index (χ2n) is 13.4. The molecule has 9 aromatic rings. The molecule has 1 aliphatic carbocycles. The molecule has 0 unspecified atom stereocenters. The van der Waals surface area contributed by atoms with Gasteiger partial charge in [0.1, 0.15) is 0 Å². The number of hydrogen-bond donors (Lipinski definition) is 0. The Labute approximate surface area is 273 Å². The molecule has 0 atom stereocenters. The maximum Gasteiger partial charge on any atom is 0.0973 e. The number of fused-ring (bicyclic) bond motifs is 11. The second-order valence-corrected chi connectivity index (χ2v) is 13.4. The van der Waals surface area contributed by atoms with Gasteiger partial charge in [0.2, 0.25) is 0 Å². The van der Waals surface area contributed by atoms with Crippen LogP contribution in [-0.4, -0.2) is 9.97 Å². The molecule has 8 aromatic carbocycles. The number of benzene rings is 8. The Hall–Kier alpha value is -5.86. The molecule has 0 N–H and O–H groups in total. The zero-order chi connectivity index (χ0) is 31.3. The average molecular weight is 599 g/mol. The lowest BCUT2D eigenvalue weighted by Crippen LogP contribution is -2.14. The predicted octanol–water partition coefficient (Wildman–Crippen LogP) is 11.9. The summed E-state index contributed by atoms with van der Waals surface area (Å²) in [5.41, 5.74) is 11.2. The van der Waals surface area contributed by atoms with Crippen LogP contribution >= 0.6 is 0 Å². The minimum Gasteiger partial charge on any atom is -0.244 e. The maximum absolute atomic E-state index is 5.38. The molecule has 0 saturated heterocycles. The van der Waals surface area contributed by atoms with Crippen LogP contribution in [0, 0.1) is 0 Å². The van der Waals surface area contributed by atoms with Crippen molar-refractivity contribution in [2.24, 2.45) is 0 Å². The summed E-state index contributed by atoms with van der Waals surface area (Å²) in [5.74, 6) is 0. The van der Waals surface area contributed by atoms with Crippen molar-refractivity contribution in [1.82, 2.24) is 9.97 Å². The van der Waals surface area contributed by atoms with Gasteiger partial charge in [-0.05, 0) is 84.2 Å². The number of nitrogens with zero attached hydrogens (tertiary/aromatic N) is 2. The third-order valence-corrected chi connectivity index (χ3v) is 10.4. The molecule has 2 nitrogen and oxygen atoms in total. The van der Waals surface area contributed by atoms with Crippen LogP contribution < -0.4 is 0 Å². The summed E-state index contributed by atoms with van der Waals surface area (Å²) in [7, 11) is 0. The van der Waals surface area contributed by atoms with Gasteiger partial charge in [-0.3, -0.25) is 0 Å². The maximum atomic E-state index is 5.38. The molecule has 0 aliphatic heterocycles. The van der Waals surface area contributed by atoms with E-state index in [1.807, 2.05) is 6.07 Å². The van der Waals surface area contributed by atoms with Crippen molar-refractivity contribution in [3.05, 3.63) is 157 Å². The molecule has 0 radical (unpaired) electrons. The first-order chi connectivity index (χ1) is 23.0. The van der Waals surface area contributed by atoms with Crippen molar-refractivity contribution < 1.29 is 0 Å². The molecule has 1 aromatic heterocycles. The third kappa shape index (κ3) is 3.79. The van der Waals surface area contributed by atoms with Crippen LogP contribution in [0.5, 0.6) is 0 Å². The van der Waals surface area contributed by atoms with Crippen LogP contribution in [0.2, 0.25) is 0 Å². The highest BCUT2D eigenvalue weighted by Crippen LogP contribution is 2.50. The standard InChI is InChI=1S/C45H30N2/c1-45(2)38-15-9-8-14-35(38)37-25-31-19-17-28-16-18-30-24-32(20-22-33(30)41(28)36(31)26-39(37)45)43-42(29-11-4-3-5-12-29)46-40-23-21-27-10-6-7-13-34(27)44(40)47-43/h3-26H,1-2H3. The van der Waals surface area contributed by atoms with Gasteiger partial charge in [-0.25, -0.2) is 9.97 Å². The molecule has 1 aliphatic rings. The summed E-state index contributed by atoms with van der Waals surface area (Å²) in [6.45, 7) is 4.72. The van der Waals surface area contributed by atoms with E-state index in [1.165, 1.54) is 60.0 Å². The van der Waals surface area contributed by atoms with E-state index in [1.54, 1.807) is 0 Å². The molecule has 0 saturated carbocycles. The van der Waals surface area contributed by atoms with E-state index in [-0.39, 0.29) is 5.41 Å². The Balaban J connectivity index is 1.23. The Morgan fingerprint density at radius 2 is 1.13 bits per heavy atom. The molecule has 0 fully saturated rings. The van der Waals surface area contributed by atoms with Crippen molar-refractivity contribution in [3.63, 3.8) is 0 Å². The fourth-order valence-corrected chi connectivity index (χ4v) is 8.02. The molecule has 220 valence electrons. The molecule has 1 heterocycles. The fourth-order valence-electron chi connectivity index (χ4n) is 8.02. The lowest BCUT2D eigenvalue weighted by atomic mass is 9.81. The van der Waals surface area contributed by atoms with Gasteiger partial charge in [-0.15, -0.1) is 0 Å². The summed E-state index contributed by atoms with van der Waals surface area (Å²) in [4.78, 5) is 10.6. The van der Waals surface area contributed by atoms with Gasteiger partial charge in [0.05, 0.1) is 22.4 Å². The van der Waals surface area contributed by atoms with Crippen LogP contribution in [-0.2, 0) is 5.41 Å². The highest BCUT2D eigenvalue weighted by molar-refractivity contribution is 6.21. The van der Waals surface area contributed by atoms with E-state index in [9.17, 15) is 0 Å².